The van der Waals surface area contributed by atoms with Crippen molar-refractivity contribution in [2.24, 2.45) is 0 Å². The Kier molecular flexibility index (Phi) is 6.38. The van der Waals surface area contributed by atoms with Gasteiger partial charge in [0.2, 0.25) is 11.1 Å². The fourth-order valence-corrected chi connectivity index (χ4v) is 3.44. The van der Waals surface area contributed by atoms with Crippen LogP contribution in [-0.2, 0) is 4.79 Å². The molecule has 1 N–H and O–H groups in total. The number of carbonyl (C=O) groups is 2. The number of thioether (sulfide) groups is 1. The molecule has 0 spiro atoms. The fourth-order valence-electron chi connectivity index (χ4n) is 2.66. The van der Waals surface area contributed by atoms with Crippen LogP contribution in [0.4, 0.5) is 10.1 Å². The van der Waals surface area contributed by atoms with Crippen LogP contribution in [-0.4, -0.2) is 37.7 Å². The van der Waals surface area contributed by atoms with E-state index in [1.807, 2.05) is 24.3 Å². The summed E-state index contributed by atoms with van der Waals surface area (Å²) in [5, 5.41) is 14.5. The number of hydrogen-bond donors (Lipinski definition) is 1. The highest BCUT2D eigenvalue weighted by Crippen LogP contribution is 2.23. The molecular formula is C20H20FN5O2S. The molecule has 0 saturated heterocycles. The molecule has 1 amide bonds. The predicted molar refractivity (Wildman–Crippen MR) is 109 cm³/mol. The maximum Gasteiger partial charge on any atom is 0.221 e. The first-order chi connectivity index (χ1) is 13.8. The van der Waals surface area contributed by atoms with E-state index in [0.29, 0.717) is 16.8 Å². The Morgan fingerprint density at radius 3 is 2.52 bits per heavy atom. The van der Waals surface area contributed by atoms with Crippen molar-refractivity contribution in [1.82, 2.24) is 20.2 Å². The molecule has 0 aliphatic carbocycles. The molecule has 0 bridgehead atoms. The number of ketones is 1. The summed E-state index contributed by atoms with van der Waals surface area (Å²) < 4.78 is 15.8. The summed E-state index contributed by atoms with van der Waals surface area (Å²) in [4.78, 5) is 23.5. The van der Waals surface area contributed by atoms with Crippen molar-refractivity contribution in [1.29, 1.82) is 0 Å². The third-order valence-electron chi connectivity index (χ3n) is 4.17. The second-order valence-corrected chi connectivity index (χ2v) is 7.65. The van der Waals surface area contributed by atoms with Crippen molar-refractivity contribution in [3.63, 3.8) is 0 Å². The van der Waals surface area contributed by atoms with Gasteiger partial charge in [-0.15, -0.1) is 5.10 Å². The number of Topliss-reactive ketones (excluding diaryl/α,β-unsaturated/α-hetero) is 1. The van der Waals surface area contributed by atoms with E-state index in [-0.39, 0.29) is 17.2 Å². The first-order valence-electron chi connectivity index (χ1n) is 8.97. The molecule has 0 unspecified atom stereocenters. The Balaban J connectivity index is 1.70. The van der Waals surface area contributed by atoms with Gasteiger partial charge in [-0.25, -0.2) is 4.39 Å². The molecule has 7 nitrogen and oxygen atoms in total. The molecule has 3 rings (SSSR count). The van der Waals surface area contributed by atoms with E-state index in [1.54, 1.807) is 0 Å². The fraction of sp³-hybridized carbons (Fsp3) is 0.250. The Labute approximate surface area is 171 Å². The van der Waals surface area contributed by atoms with Crippen LogP contribution < -0.4 is 5.32 Å². The average molecular weight is 413 g/mol. The van der Waals surface area contributed by atoms with Crippen molar-refractivity contribution in [2.45, 2.75) is 31.8 Å². The number of hydrogen-bond acceptors (Lipinski definition) is 6. The Hall–Kier alpha value is -3.07. The van der Waals surface area contributed by atoms with Gasteiger partial charge < -0.3 is 5.32 Å². The van der Waals surface area contributed by atoms with Gasteiger partial charge in [-0.2, -0.15) is 4.68 Å². The van der Waals surface area contributed by atoms with Crippen LogP contribution in [0.1, 0.15) is 42.6 Å². The minimum Gasteiger partial charge on any atom is -0.326 e. The number of carbonyl (C=O) groups excluding carboxylic acids is 2. The van der Waals surface area contributed by atoms with Crippen LogP contribution in [0.15, 0.2) is 47.6 Å². The highest BCUT2D eigenvalue weighted by Gasteiger charge is 2.16. The number of nitrogens with zero attached hydrogens (tertiary/aromatic N) is 4. The van der Waals surface area contributed by atoms with E-state index in [2.05, 4.69) is 34.7 Å². The van der Waals surface area contributed by atoms with Gasteiger partial charge in [0.1, 0.15) is 5.82 Å². The minimum atomic E-state index is -0.689. The molecule has 150 valence electrons. The van der Waals surface area contributed by atoms with E-state index in [9.17, 15) is 14.0 Å². The Morgan fingerprint density at radius 1 is 1.17 bits per heavy atom. The molecule has 1 heterocycles. The summed E-state index contributed by atoms with van der Waals surface area (Å²) in [6.07, 6.45) is 0. The molecule has 0 saturated carbocycles. The Bertz CT molecular complexity index is 1030. The molecular weight excluding hydrogens is 393 g/mol. The highest BCUT2D eigenvalue weighted by molar-refractivity contribution is 7.99. The van der Waals surface area contributed by atoms with Gasteiger partial charge in [0.25, 0.3) is 0 Å². The lowest BCUT2D eigenvalue weighted by atomic mass is 10.0. The van der Waals surface area contributed by atoms with Crippen LogP contribution >= 0.6 is 11.8 Å². The predicted octanol–water partition coefficient (Wildman–Crippen LogP) is 3.86. The van der Waals surface area contributed by atoms with E-state index in [0.717, 1.165) is 23.5 Å². The molecule has 3 aromatic rings. The zero-order chi connectivity index (χ0) is 21.0. The molecule has 29 heavy (non-hydrogen) atoms. The lowest BCUT2D eigenvalue weighted by Crippen LogP contribution is -2.09. The third-order valence-corrected chi connectivity index (χ3v) is 5.09. The monoisotopic (exact) mass is 413 g/mol. The van der Waals surface area contributed by atoms with Gasteiger partial charge in [-0.1, -0.05) is 37.7 Å². The second kappa shape index (κ2) is 8.95. The van der Waals surface area contributed by atoms with Gasteiger partial charge in [0.05, 0.1) is 17.0 Å². The number of halogens is 1. The summed E-state index contributed by atoms with van der Waals surface area (Å²) in [6, 6.07) is 11.8. The van der Waals surface area contributed by atoms with Crippen LogP contribution in [0.2, 0.25) is 0 Å². The number of amides is 1. The molecule has 0 atom stereocenters. The van der Waals surface area contributed by atoms with Crippen molar-refractivity contribution in [2.75, 3.05) is 11.1 Å². The number of anilines is 1. The molecule has 0 radical (unpaired) electrons. The van der Waals surface area contributed by atoms with Crippen LogP contribution in [0.5, 0.6) is 0 Å². The topological polar surface area (TPSA) is 89.8 Å². The first-order valence-corrected chi connectivity index (χ1v) is 9.95. The van der Waals surface area contributed by atoms with Gasteiger partial charge in [-0.05, 0) is 52.2 Å². The SMILES string of the molecule is CC(=O)Nc1ccc(C(=O)CSc2nnnn2-c2ccc(C(C)C)cc2)c(F)c1. The summed E-state index contributed by atoms with van der Waals surface area (Å²) >= 11 is 1.13. The van der Waals surface area contributed by atoms with Crippen molar-refractivity contribution in [3.8, 4) is 5.69 Å². The lowest BCUT2D eigenvalue weighted by Gasteiger charge is -2.08. The number of tetrazole rings is 1. The molecule has 0 aliphatic heterocycles. The normalized spacial score (nSPS) is 10.9. The average Bonchev–Trinajstić information content (AvgIpc) is 3.14. The number of nitrogens with one attached hydrogen (secondary N) is 1. The van der Waals surface area contributed by atoms with Crippen LogP contribution in [0, 0.1) is 5.82 Å². The molecule has 1 aromatic heterocycles. The largest absolute Gasteiger partial charge is 0.326 e. The number of aromatic nitrogens is 4. The third kappa shape index (κ3) is 5.05. The zero-order valence-electron chi connectivity index (χ0n) is 16.2. The zero-order valence-corrected chi connectivity index (χ0v) is 17.0. The highest BCUT2D eigenvalue weighted by atomic mass is 32.2. The molecule has 9 heteroatoms. The molecule has 2 aromatic carbocycles. The van der Waals surface area contributed by atoms with Crippen molar-refractivity contribution in [3.05, 3.63) is 59.4 Å². The van der Waals surface area contributed by atoms with Gasteiger partial charge in [0.15, 0.2) is 5.78 Å². The first kappa shape index (κ1) is 20.7. The smallest absolute Gasteiger partial charge is 0.221 e. The van der Waals surface area contributed by atoms with E-state index < -0.39 is 11.6 Å². The van der Waals surface area contributed by atoms with Crippen LogP contribution in [0.3, 0.4) is 0 Å². The van der Waals surface area contributed by atoms with E-state index in [1.165, 1.54) is 29.3 Å². The standard InChI is InChI=1S/C20H20FN5O2S/c1-12(2)14-4-7-16(8-5-14)26-20(23-24-25-26)29-11-19(28)17-9-6-15(10-18(17)21)22-13(3)27/h4-10,12H,11H2,1-3H3,(H,22,27). The van der Waals surface area contributed by atoms with Crippen molar-refractivity contribution >= 4 is 29.1 Å². The van der Waals surface area contributed by atoms with E-state index >= 15 is 0 Å². The maximum atomic E-state index is 14.2. The van der Waals surface area contributed by atoms with Crippen molar-refractivity contribution < 1.29 is 14.0 Å². The summed E-state index contributed by atoms with van der Waals surface area (Å²) in [6.45, 7) is 5.55. The lowest BCUT2D eigenvalue weighted by molar-refractivity contribution is -0.114. The second-order valence-electron chi connectivity index (χ2n) is 6.71. The van der Waals surface area contributed by atoms with Gasteiger partial charge >= 0.3 is 0 Å². The van der Waals surface area contributed by atoms with E-state index in [4.69, 9.17) is 0 Å². The summed E-state index contributed by atoms with van der Waals surface area (Å²) in [7, 11) is 0. The summed E-state index contributed by atoms with van der Waals surface area (Å²) in [5.41, 5.74) is 2.23. The quantitative estimate of drug-likeness (QED) is 0.467. The minimum absolute atomic E-state index is 0.0269. The number of rotatable bonds is 7. The van der Waals surface area contributed by atoms with Crippen LogP contribution in [0.25, 0.3) is 5.69 Å². The van der Waals surface area contributed by atoms with Gasteiger partial charge in [-0.3, -0.25) is 9.59 Å². The summed E-state index contributed by atoms with van der Waals surface area (Å²) in [5.74, 6) is -1.01. The molecule has 0 fully saturated rings. The Morgan fingerprint density at radius 2 is 1.90 bits per heavy atom. The number of benzene rings is 2. The van der Waals surface area contributed by atoms with Gasteiger partial charge in [0, 0.05) is 12.6 Å². The maximum absolute atomic E-state index is 14.2. The molecule has 0 aliphatic rings.